The molecule has 0 heterocycles. The van der Waals surface area contributed by atoms with Gasteiger partial charge in [-0.2, -0.15) is 6.08 Å². The van der Waals surface area contributed by atoms with E-state index < -0.39 is 0 Å². The van der Waals surface area contributed by atoms with Crippen molar-refractivity contribution in [1.29, 1.82) is 0 Å². The predicted octanol–water partition coefficient (Wildman–Crippen LogP) is 2.61. The van der Waals surface area contributed by atoms with Crippen molar-refractivity contribution in [3.8, 4) is 0 Å². The van der Waals surface area contributed by atoms with Crippen LogP contribution in [-0.2, 0) is 24.2 Å². The van der Waals surface area contributed by atoms with Crippen LogP contribution in [0.3, 0.4) is 0 Å². The van der Waals surface area contributed by atoms with Crippen molar-refractivity contribution in [2.75, 3.05) is 0 Å². The molecule has 0 amide bonds. The Balaban J connectivity index is 0.000000194. The summed E-state index contributed by atoms with van der Waals surface area (Å²) in [6, 6.07) is 40.4. The van der Waals surface area contributed by atoms with Gasteiger partial charge in [-0.3, -0.25) is 6.08 Å². The van der Waals surface area contributed by atoms with E-state index in [2.05, 4.69) is 141 Å². The third-order valence-corrected chi connectivity index (χ3v) is 7.43. The first-order chi connectivity index (χ1) is 16.6. The predicted molar refractivity (Wildman–Crippen MR) is 144 cm³/mol. The van der Waals surface area contributed by atoms with E-state index >= 15 is 0 Å². The van der Waals surface area contributed by atoms with Crippen molar-refractivity contribution < 1.29 is 49.0 Å². The maximum Gasteiger partial charge on any atom is -0.0771 e. The van der Waals surface area contributed by atoms with Crippen molar-refractivity contribution >= 4 is 24.8 Å². The van der Waals surface area contributed by atoms with Crippen LogP contribution in [0.5, 0.6) is 0 Å². The van der Waals surface area contributed by atoms with Gasteiger partial charge in [0.25, 0.3) is 0 Å². The first-order valence-electron chi connectivity index (χ1n) is 11.6. The van der Waals surface area contributed by atoms with Crippen molar-refractivity contribution in [3.05, 3.63) is 150 Å². The summed E-state index contributed by atoms with van der Waals surface area (Å²) < 4.78 is 1.42. The molecule has 0 spiro atoms. The van der Waals surface area contributed by atoms with E-state index in [0.29, 0.717) is 0 Å². The summed E-state index contributed by atoms with van der Waals surface area (Å²) >= 11 is 1.46. The first-order valence-corrected chi connectivity index (χ1v) is 12.8. The minimum atomic E-state index is 0. The maximum absolute atomic E-state index is 3.19. The summed E-state index contributed by atoms with van der Waals surface area (Å²) in [5, 5.41) is 5.39. The van der Waals surface area contributed by atoms with Crippen LogP contribution < -0.4 is 24.8 Å². The van der Waals surface area contributed by atoms with Gasteiger partial charge in [0.05, 0.1) is 0 Å². The summed E-state index contributed by atoms with van der Waals surface area (Å²) in [4.78, 5) is 0. The van der Waals surface area contributed by atoms with Crippen LogP contribution in [0.25, 0.3) is 21.5 Å². The zero-order chi connectivity index (χ0) is 23.8. The van der Waals surface area contributed by atoms with E-state index in [0.717, 1.165) is 6.42 Å². The molecule has 1 aliphatic carbocycles. The molecule has 5 aromatic carbocycles. The normalized spacial score (nSPS) is 11.6. The second kappa shape index (κ2) is 15.0. The van der Waals surface area contributed by atoms with Gasteiger partial charge in [-0.1, -0.05) is 43.3 Å². The monoisotopic (exact) mass is 584 g/mol. The van der Waals surface area contributed by atoms with Crippen molar-refractivity contribution in [2.45, 2.75) is 20.3 Å². The SMILES string of the molecule is CC1=[C-]CC=C1C.[Cl-].[Cl-].[Zr+2]=[C](c1ccccc1)c1ccccc1.c1ccc2c(c1)[cH-]c1ccccc12. The van der Waals surface area contributed by atoms with Crippen molar-refractivity contribution in [3.63, 3.8) is 0 Å². The number of halogens is 2. The minimum absolute atomic E-state index is 0. The third kappa shape index (κ3) is 7.78. The van der Waals surface area contributed by atoms with Crippen LogP contribution in [-0.4, -0.2) is 3.21 Å². The Labute approximate surface area is 242 Å². The van der Waals surface area contributed by atoms with Gasteiger partial charge in [-0.25, -0.2) is 11.1 Å². The Morgan fingerprint density at radius 1 is 0.639 bits per heavy atom. The molecule has 180 valence electrons. The van der Waals surface area contributed by atoms with Crippen LogP contribution in [0.4, 0.5) is 0 Å². The second-order valence-electron chi connectivity index (χ2n) is 8.32. The molecule has 1 aliphatic rings. The molecular weight excluding hydrogens is 558 g/mol. The topological polar surface area (TPSA) is 0 Å². The third-order valence-electron chi connectivity index (χ3n) is 6.01. The van der Waals surface area contributed by atoms with Gasteiger partial charge in [-0.05, 0) is 0 Å². The molecule has 36 heavy (non-hydrogen) atoms. The van der Waals surface area contributed by atoms with Gasteiger partial charge in [0.15, 0.2) is 0 Å². The van der Waals surface area contributed by atoms with Gasteiger partial charge in [0.2, 0.25) is 0 Å². The van der Waals surface area contributed by atoms with E-state index in [1.54, 1.807) is 0 Å². The number of allylic oxidation sites excluding steroid dienone is 4. The summed E-state index contributed by atoms with van der Waals surface area (Å²) in [5.74, 6) is 0. The summed E-state index contributed by atoms with van der Waals surface area (Å²) in [6.45, 7) is 4.22. The number of fused-ring (bicyclic) bond motifs is 3. The van der Waals surface area contributed by atoms with Gasteiger partial charge in [0.1, 0.15) is 0 Å². The Hall–Kier alpha value is -2.44. The molecule has 6 rings (SSSR count). The van der Waals surface area contributed by atoms with Gasteiger partial charge >= 0.3 is 99.2 Å². The molecule has 0 radical (unpaired) electrons. The molecule has 0 aliphatic heterocycles. The number of benzene rings is 4. The molecule has 0 unspecified atom stereocenters. The standard InChI is InChI=1S/C13H9.C13H10.C7H9.2ClH.Zr/c1-3-7-12-10(5-1)9-11-6-2-4-8-13(11)12;1-3-7-12(8-4-1)11-13-9-5-2-6-10-13;1-6-4-3-5-7(6)2;;;/h1-9H;1-10H;4H,3H2,1-2H3;2*1H;/q-1;;-1;;;+2/p-2. The molecule has 0 atom stereocenters. The largest absolute Gasteiger partial charge is 0.126 e. The van der Waals surface area contributed by atoms with Crippen molar-refractivity contribution in [1.82, 2.24) is 0 Å². The molecule has 3 heteroatoms. The Morgan fingerprint density at radius 3 is 1.42 bits per heavy atom. The van der Waals surface area contributed by atoms with Gasteiger partial charge in [-0.15, -0.1) is 53.1 Å². The molecule has 0 saturated heterocycles. The van der Waals surface area contributed by atoms with Gasteiger partial charge < -0.3 is 24.8 Å². The summed E-state index contributed by atoms with van der Waals surface area (Å²) in [6.07, 6.45) is 6.41. The number of rotatable bonds is 2. The quantitative estimate of drug-likeness (QED) is 0.279. The fourth-order valence-corrected chi connectivity index (χ4v) is 4.75. The average Bonchev–Trinajstić information content (AvgIpc) is 3.47. The van der Waals surface area contributed by atoms with Crippen LogP contribution in [0.15, 0.2) is 132 Å². The van der Waals surface area contributed by atoms with Crippen LogP contribution in [0.2, 0.25) is 0 Å². The Morgan fingerprint density at radius 2 is 1.06 bits per heavy atom. The van der Waals surface area contributed by atoms with Crippen molar-refractivity contribution in [2.24, 2.45) is 0 Å². The van der Waals surface area contributed by atoms with Crippen LogP contribution >= 0.6 is 0 Å². The zero-order valence-electron chi connectivity index (χ0n) is 20.5. The van der Waals surface area contributed by atoms with Crippen LogP contribution in [0, 0.1) is 6.08 Å². The maximum atomic E-state index is 3.19. The smallest absolute Gasteiger partial charge is 0.0771 e. The fourth-order valence-electron chi connectivity index (χ4n) is 3.93. The van der Waals surface area contributed by atoms with E-state index in [1.807, 2.05) is 0 Å². The molecule has 0 nitrogen and oxygen atoms in total. The molecular formula is C33H28Cl2Zr-2. The summed E-state index contributed by atoms with van der Waals surface area (Å²) in [7, 11) is 0. The van der Waals surface area contributed by atoms with E-state index in [9.17, 15) is 0 Å². The summed E-state index contributed by atoms with van der Waals surface area (Å²) in [5.41, 5.74) is 5.37. The molecule has 0 aromatic heterocycles. The van der Waals surface area contributed by atoms with Gasteiger partial charge in [0, 0.05) is 0 Å². The fraction of sp³-hybridized carbons (Fsp3) is 0.0909. The number of hydrogen-bond acceptors (Lipinski definition) is 0. The Bertz CT molecular complexity index is 1340. The molecule has 0 N–H and O–H groups in total. The molecule has 5 aromatic rings. The number of hydrogen-bond donors (Lipinski definition) is 0. The second-order valence-corrected chi connectivity index (χ2v) is 9.55. The first kappa shape index (κ1) is 29.8. The average molecular weight is 587 g/mol. The van der Waals surface area contributed by atoms with E-state index in [4.69, 9.17) is 0 Å². The van der Waals surface area contributed by atoms with E-state index in [-0.39, 0.29) is 24.8 Å². The molecule has 0 fully saturated rings. The molecule has 0 bridgehead atoms. The Kier molecular flexibility index (Phi) is 12.4. The molecule has 0 saturated carbocycles. The van der Waals surface area contributed by atoms with Crippen LogP contribution in [0.1, 0.15) is 31.4 Å². The zero-order valence-corrected chi connectivity index (χ0v) is 24.5. The minimum Gasteiger partial charge on any atom is -0.126 e. The van der Waals surface area contributed by atoms with E-state index in [1.165, 1.54) is 71.3 Å².